The second-order valence-corrected chi connectivity index (χ2v) is 8.10. The van der Waals surface area contributed by atoms with Crippen LogP contribution in [-0.4, -0.2) is 51.9 Å². The number of anilines is 1. The topological polar surface area (TPSA) is 115 Å². The lowest BCUT2D eigenvalue weighted by atomic mass is 10.0. The van der Waals surface area contributed by atoms with Crippen molar-refractivity contribution in [1.29, 1.82) is 0 Å². The summed E-state index contributed by atoms with van der Waals surface area (Å²) >= 11 is 0. The highest BCUT2D eigenvalue weighted by Crippen LogP contribution is 2.25. The van der Waals surface area contributed by atoms with Crippen molar-refractivity contribution in [2.75, 3.05) is 18.0 Å². The number of benzene rings is 1. The van der Waals surface area contributed by atoms with Crippen LogP contribution < -0.4 is 20.7 Å². The van der Waals surface area contributed by atoms with E-state index in [1.54, 1.807) is 10.6 Å². The minimum absolute atomic E-state index is 0.00391. The highest BCUT2D eigenvalue weighted by atomic mass is 19.4. The number of halogens is 3. The first-order chi connectivity index (χ1) is 16.1. The maximum atomic E-state index is 12.8. The third-order valence-corrected chi connectivity index (χ3v) is 5.50. The van der Waals surface area contributed by atoms with Gasteiger partial charge in [0.05, 0.1) is 17.8 Å². The van der Waals surface area contributed by atoms with Gasteiger partial charge in [-0.25, -0.2) is 9.78 Å². The van der Waals surface area contributed by atoms with Gasteiger partial charge in [-0.2, -0.15) is 9.61 Å². The van der Waals surface area contributed by atoms with Crippen LogP contribution in [0.25, 0.3) is 5.65 Å². The van der Waals surface area contributed by atoms with E-state index in [1.165, 1.54) is 12.1 Å². The maximum Gasteiger partial charge on any atom is 0.573 e. The van der Waals surface area contributed by atoms with Gasteiger partial charge >= 0.3 is 12.4 Å². The Balaban J connectivity index is 1.53. The number of nitrogens with two attached hydrogens (primary N) is 1. The van der Waals surface area contributed by atoms with Gasteiger partial charge in [0, 0.05) is 36.8 Å². The molecule has 0 atom stereocenters. The van der Waals surface area contributed by atoms with E-state index in [2.05, 4.69) is 25.0 Å². The zero-order valence-corrected chi connectivity index (χ0v) is 18.3. The molecule has 3 aromatic rings. The summed E-state index contributed by atoms with van der Waals surface area (Å²) in [7, 11) is 0. The van der Waals surface area contributed by atoms with Crippen molar-refractivity contribution in [3.05, 3.63) is 53.3 Å². The predicted octanol–water partition coefficient (Wildman–Crippen LogP) is 3.00. The average Bonchev–Trinajstić information content (AvgIpc) is 3.13. The Labute approximate surface area is 192 Å². The molecule has 0 aliphatic carbocycles. The summed E-state index contributed by atoms with van der Waals surface area (Å²) < 4.78 is 42.6. The van der Waals surface area contributed by atoms with Crippen molar-refractivity contribution in [3.8, 4) is 5.75 Å². The summed E-state index contributed by atoms with van der Waals surface area (Å²) in [4.78, 5) is 30.6. The summed E-state index contributed by atoms with van der Waals surface area (Å²) in [5.74, 6) is 0.0872. The maximum absolute atomic E-state index is 12.8. The standard InChI is InChI=1S/C22H23F3N6O3/c1-13-10-19-27-16(11-18(32)14-2-4-17(5-3-14)34-22(23,24)25)12-20(31(19)29-13)30-8-6-15(7-9-30)28-21(26)33/h2-5,10,12,15H,6-9,11H2,1H3,(H3,26,28,33). The third-order valence-electron chi connectivity index (χ3n) is 5.50. The summed E-state index contributed by atoms with van der Waals surface area (Å²) in [5.41, 5.74) is 7.34. The number of ketones is 1. The molecule has 4 rings (SSSR count). The molecule has 180 valence electrons. The van der Waals surface area contributed by atoms with Crippen molar-refractivity contribution in [2.24, 2.45) is 5.73 Å². The molecule has 3 N–H and O–H groups in total. The van der Waals surface area contributed by atoms with Gasteiger partial charge in [0.15, 0.2) is 11.4 Å². The molecule has 1 aliphatic heterocycles. The minimum Gasteiger partial charge on any atom is -0.406 e. The van der Waals surface area contributed by atoms with Crippen molar-refractivity contribution in [3.63, 3.8) is 0 Å². The van der Waals surface area contributed by atoms with Crippen LogP contribution in [0.1, 0.15) is 34.6 Å². The second kappa shape index (κ2) is 9.20. The van der Waals surface area contributed by atoms with Gasteiger partial charge in [-0.3, -0.25) is 4.79 Å². The number of fused-ring (bicyclic) bond motifs is 1. The lowest BCUT2D eigenvalue weighted by Crippen LogP contribution is -2.46. The van der Waals surface area contributed by atoms with E-state index in [1.807, 2.05) is 13.0 Å². The molecule has 0 radical (unpaired) electrons. The molecule has 0 unspecified atom stereocenters. The molecule has 12 heteroatoms. The molecule has 1 aromatic carbocycles. The Morgan fingerprint density at radius 2 is 1.85 bits per heavy atom. The lowest BCUT2D eigenvalue weighted by Gasteiger charge is -2.33. The summed E-state index contributed by atoms with van der Waals surface area (Å²) in [6, 6.07) is 7.84. The first-order valence-corrected chi connectivity index (χ1v) is 10.6. The molecule has 2 aromatic heterocycles. The third kappa shape index (κ3) is 5.56. The van der Waals surface area contributed by atoms with Crippen molar-refractivity contribution >= 4 is 23.3 Å². The number of rotatable bonds is 6. The zero-order chi connectivity index (χ0) is 24.5. The normalized spacial score (nSPS) is 14.9. The number of nitrogens with one attached hydrogen (secondary N) is 1. The smallest absolute Gasteiger partial charge is 0.406 e. The van der Waals surface area contributed by atoms with Crippen molar-refractivity contribution < 1.29 is 27.5 Å². The van der Waals surface area contributed by atoms with E-state index in [9.17, 15) is 22.8 Å². The van der Waals surface area contributed by atoms with Gasteiger partial charge in [-0.05, 0) is 44.0 Å². The number of piperidine rings is 1. The number of carbonyl (C=O) groups is 2. The predicted molar refractivity (Wildman–Crippen MR) is 117 cm³/mol. The summed E-state index contributed by atoms with van der Waals surface area (Å²) in [6.07, 6.45) is -3.43. The van der Waals surface area contributed by atoms with Crippen LogP contribution in [0.5, 0.6) is 5.75 Å². The van der Waals surface area contributed by atoms with E-state index >= 15 is 0 Å². The molecule has 1 fully saturated rings. The van der Waals surface area contributed by atoms with Gasteiger partial charge in [-0.1, -0.05) is 0 Å². The van der Waals surface area contributed by atoms with E-state index in [4.69, 9.17) is 5.73 Å². The lowest BCUT2D eigenvalue weighted by molar-refractivity contribution is -0.274. The fraction of sp³-hybridized carbons (Fsp3) is 0.364. The molecular weight excluding hydrogens is 453 g/mol. The fourth-order valence-electron chi connectivity index (χ4n) is 4.00. The van der Waals surface area contributed by atoms with Gasteiger partial charge < -0.3 is 20.7 Å². The first-order valence-electron chi connectivity index (χ1n) is 10.6. The SMILES string of the molecule is Cc1cc2nc(CC(=O)c3ccc(OC(F)(F)F)cc3)cc(N3CCC(NC(N)=O)CC3)n2n1. The molecule has 0 saturated carbocycles. The number of hydrogen-bond acceptors (Lipinski definition) is 6. The monoisotopic (exact) mass is 476 g/mol. The van der Waals surface area contributed by atoms with Crippen molar-refractivity contribution in [2.45, 2.75) is 38.6 Å². The van der Waals surface area contributed by atoms with Crippen LogP contribution >= 0.6 is 0 Å². The van der Waals surface area contributed by atoms with E-state index < -0.39 is 18.1 Å². The molecule has 1 aliphatic rings. The van der Waals surface area contributed by atoms with Crippen LogP contribution in [0.2, 0.25) is 0 Å². The molecule has 2 amide bonds. The molecular formula is C22H23F3N6O3. The van der Waals surface area contributed by atoms with Crippen LogP contribution in [-0.2, 0) is 6.42 Å². The molecule has 34 heavy (non-hydrogen) atoms. The number of alkyl halides is 3. The number of Topliss-reactive ketones (excluding diaryl/α,β-unsaturated/α-hetero) is 1. The number of urea groups is 1. The Bertz CT molecular complexity index is 1200. The Kier molecular flexibility index (Phi) is 6.31. The van der Waals surface area contributed by atoms with Crippen LogP contribution in [0.15, 0.2) is 36.4 Å². The quantitative estimate of drug-likeness (QED) is 0.529. The Morgan fingerprint density at radius 3 is 2.47 bits per heavy atom. The molecule has 0 spiro atoms. The number of amides is 2. The number of carbonyl (C=O) groups excluding carboxylic acids is 2. The molecule has 1 saturated heterocycles. The summed E-state index contributed by atoms with van der Waals surface area (Å²) in [6.45, 7) is 3.14. The first kappa shape index (κ1) is 23.3. The van der Waals surface area contributed by atoms with Gasteiger partial charge in [0.1, 0.15) is 11.6 Å². The molecule has 0 bridgehead atoms. The largest absolute Gasteiger partial charge is 0.573 e. The summed E-state index contributed by atoms with van der Waals surface area (Å²) in [5, 5.41) is 7.23. The highest BCUT2D eigenvalue weighted by Gasteiger charge is 2.31. The number of nitrogens with zero attached hydrogens (tertiary/aromatic N) is 4. The van der Waals surface area contributed by atoms with E-state index in [-0.39, 0.29) is 23.8 Å². The number of hydrogen-bond donors (Lipinski definition) is 2. The van der Waals surface area contributed by atoms with Crippen LogP contribution in [0.3, 0.4) is 0 Å². The number of ether oxygens (including phenoxy) is 1. The number of aryl methyl sites for hydroxylation is 1. The zero-order valence-electron chi connectivity index (χ0n) is 18.3. The highest BCUT2D eigenvalue weighted by molar-refractivity contribution is 5.97. The number of primary amides is 1. The van der Waals surface area contributed by atoms with Crippen LogP contribution in [0, 0.1) is 6.92 Å². The van der Waals surface area contributed by atoms with Crippen molar-refractivity contribution in [1.82, 2.24) is 19.9 Å². The van der Waals surface area contributed by atoms with Gasteiger partial charge in [0.2, 0.25) is 0 Å². The van der Waals surface area contributed by atoms with E-state index in [0.717, 1.165) is 23.6 Å². The minimum atomic E-state index is -4.80. The van der Waals surface area contributed by atoms with E-state index in [0.29, 0.717) is 37.3 Å². The Morgan fingerprint density at radius 1 is 1.18 bits per heavy atom. The molecule has 3 heterocycles. The number of aromatic nitrogens is 3. The van der Waals surface area contributed by atoms with Gasteiger partial charge in [-0.15, -0.1) is 13.2 Å². The van der Waals surface area contributed by atoms with Gasteiger partial charge in [0.25, 0.3) is 0 Å². The second-order valence-electron chi connectivity index (χ2n) is 8.10. The fourth-order valence-corrected chi connectivity index (χ4v) is 4.00. The average molecular weight is 476 g/mol. The van der Waals surface area contributed by atoms with Crippen LogP contribution in [0.4, 0.5) is 23.8 Å². The molecule has 9 nitrogen and oxygen atoms in total. The Hall–Kier alpha value is -3.83.